The maximum Gasteiger partial charge on any atom is 0.277 e. The van der Waals surface area contributed by atoms with Gasteiger partial charge in [0.05, 0.1) is 10.5 Å². The minimum absolute atomic E-state index is 0.198. The van der Waals surface area contributed by atoms with E-state index in [1.54, 1.807) is 0 Å². The maximum atomic E-state index is 13.5. The minimum Gasteiger partial charge on any atom is -0.485 e. The summed E-state index contributed by atoms with van der Waals surface area (Å²) in [6.45, 7) is -0.291. The fourth-order valence-electron chi connectivity index (χ4n) is 1.62. The molecular weight excluding hydrogens is 372 g/mol. The summed E-state index contributed by atoms with van der Waals surface area (Å²) < 4.78 is 32.2. The molecule has 2 aromatic rings. The molecule has 0 heterocycles. The molecule has 0 N–H and O–H groups in total. The van der Waals surface area contributed by atoms with Gasteiger partial charge in [0.25, 0.3) is 5.69 Å². The molecule has 0 radical (unpaired) electrons. The van der Waals surface area contributed by atoms with Gasteiger partial charge in [0, 0.05) is 15.6 Å². The van der Waals surface area contributed by atoms with Crippen molar-refractivity contribution in [3.63, 3.8) is 0 Å². The minimum atomic E-state index is -1.16. The summed E-state index contributed by atoms with van der Waals surface area (Å²) in [6, 6.07) is 6.20. The van der Waals surface area contributed by atoms with Crippen LogP contribution < -0.4 is 4.74 Å². The molecule has 0 amide bonds. The molecule has 0 aliphatic heterocycles. The van der Waals surface area contributed by atoms with Gasteiger partial charge in [-0.15, -0.1) is 0 Å². The van der Waals surface area contributed by atoms with Gasteiger partial charge in [-0.05, 0) is 24.3 Å². The monoisotopic (exact) mass is 377 g/mol. The largest absolute Gasteiger partial charge is 0.485 e. The number of hydrogen-bond acceptors (Lipinski definition) is 3. The molecule has 0 aliphatic carbocycles. The zero-order valence-corrected chi connectivity index (χ0v) is 12.6. The zero-order chi connectivity index (χ0) is 15.6. The molecule has 0 atom stereocenters. The second-order valence-corrected chi connectivity index (χ2v) is 5.37. The third-order valence-electron chi connectivity index (χ3n) is 2.59. The summed E-state index contributed by atoms with van der Waals surface area (Å²) in [7, 11) is 0. The van der Waals surface area contributed by atoms with Gasteiger partial charge in [0.2, 0.25) is 5.82 Å². The highest BCUT2D eigenvalue weighted by molar-refractivity contribution is 9.10. The average Bonchev–Trinajstić information content (AvgIpc) is 2.42. The van der Waals surface area contributed by atoms with E-state index in [0.717, 1.165) is 12.1 Å². The van der Waals surface area contributed by atoms with Gasteiger partial charge in [-0.3, -0.25) is 10.1 Å². The van der Waals surface area contributed by atoms with E-state index >= 15 is 0 Å². The molecule has 21 heavy (non-hydrogen) atoms. The van der Waals surface area contributed by atoms with E-state index in [2.05, 4.69) is 15.9 Å². The van der Waals surface area contributed by atoms with Crippen LogP contribution in [0.25, 0.3) is 0 Å². The van der Waals surface area contributed by atoms with Crippen LogP contribution in [0.15, 0.2) is 34.8 Å². The molecule has 4 nitrogen and oxygen atoms in total. The number of nitro benzene ring substituents is 1. The van der Waals surface area contributed by atoms with Crippen LogP contribution in [-0.2, 0) is 6.61 Å². The van der Waals surface area contributed by atoms with E-state index in [-0.39, 0.29) is 28.6 Å². The lowest BCUT2D eigenvalue weighted by Gasteiger charge is -2.09. The Kier molecular flexibility index (Phi) is 4.74. The summed E-state index contributed by atoms with van der Waals surface area (Å²) >= 11 is 8.69. The molecule has 0 fully saturated rings. The van der Waals surface area contributed by atoms with Gasteiger partial charge in [-0.25, -0.2) is 4.39 Å². The van der Waals surface area contributed by atoms with Crippen molar-refractivity contribution in [2.24, 2.45) is 0 Å². The Labute approximate surface area is 131 Å². The SMILES string of the molecule is O=[N+]([O-])c1cc(Cl)ccc1COc1cc(Br)cc(F)c1F. The highest BCUT2D eigenvalue weighted by atomic mass is 79.9. The molecule has 110 valence electrons. The van der Waals surface area contributed by atoms with Crippen molar-refractivity contribution in [1.82, 2.24) is 0 Å². The molecular formula is C13H7BrClF2NO3. The number of benzene rings is 2. The van der Waals surface area contributed by atoms with E-state index in [0.29, 0.717) is 4.47 Å². The standard InChI is InChI=1S/C13H7BrClF2NO3/c14-8-3-10(16)13(17)12(4-8)21-6-7-1-2-9(15)5-11(7)18(19)20/h1-5H,6H2. The van der Waals surface area contributed by atoms with Gasteiger partial charge in [-0.2, -0.15) is 4.39 Å². The maximum absolute atomic E-state index is 13.5. The lowest BCUT2D eigenvalue weighted by molar-refractivity contribution is -0.385. The third kappa shape index (κ3) is 3.68. The van der Waals surface area contributed by atoms with Crippen LogP contribution >= 0.6 is 27.5 Å². The smallest absolute Gasteiger partial charge is 0.277 e. The second-order valence-electron chi connectivity index (χ2n) is 4.02. The fraction of sp³-hybridized carbons (Fsp3) is 0.0769. The van der Waals surface area contributed by atoms with E-state index in [1.807, 2.05) is 0 Å². The topological polar surface area (TPSA) is 52.4 Å². The predicted octanol–water partition coefficient (Wildman–Crippen LogP) is 4.87. The Balaban J connectivity index is 2.27. The molecule has 2 rings (SSSR count). The highest BCUT2D eigenvalue weighted by Crippen LogP contribution is 2.28. The van der Waals surface area contributed by atoms with Crippen LogP contribution in [0.4, 0.5) is 14.5 Å². The van der Waals surface area contributed by atoms with Gasteiger partial charge in [-0.1, -0.05) is 27.5 Å². The molecule has 0 spiro atoms. The number of nitro groups is 1. The molecule has 2 aromatic carbocycles. The zero-order valence-electron chi connectivity index (χ0n) is 10.3. The Morgan fingerprint density at radius 3 is 2.67 bits per heavy atom. The molecule has 0 unspecified atom stereocenters. The van der Waals surface area contributed by atoms with Crippen molar-refractivity contribution in [3.05, 3.63) is 67.1 Å². The average molecular weight is 379 g/mol. The van der Waals surface area contributed by atoms with Gasteiger partial charge in [0.1, 0.15) is 6.61 Å². The van der Waals surface area contributed by atoms with Crippen LogP contribution in [0.1, 0.15) is 5.56 Å². The Bertz CT molecular complexity index is 712. The summed E-state index contributed by atoms with van der Waals surface area (Å²) in [4.78, 5) is 10.3. The van der Waals surface area contributed by atoms with Gasteiger partial charge < -0.3 is 4.74 Å². The number of ether oxygens (including phenoxy) is 1. The Hall–Kier alpha value is -1.73. The predicted molar refractivity (Wildman–Crippen MR) is 76.5 cm³/mol. The van der Waals surface area contributed by atoms with Gasteiger partial charge >= 0.3 is 0 Å². The molecule has 8 heteroatoms. The quantitative estimate of drug-likeness (QED) is 0.433. The van der Waals surface area contributed by atoms with Crippen molar-refractivity contribution in [1.29, 1.82) is 0 Å². The molecule has 0 aliphatic rings. The first-order valence-corrected chi connectivity index (χ1v) is 6.75. The highest BCUT2D eigenvalue weighted by Gasteiger charge is 2.17. The van der Waals surface area contributed by atoms with Crippen LogP contribution in [-0.4, -0.2) is 4.92 Å². The van der Waals surface area contributed by atoms with Crippen LogP contribution in [0.2, 0.25) is 5.02 Å². The number of halogens is 4. The second kappa shape index (κ2) is 6.36. The van der Waals surface area contributed by atoms with Gasteiger partial charge in [0.15, 0.2) is 11.6 Å². The van der Waals surface area contributed by atoms with Crippen molar-refractivity contribution in [2.75, 3.05) is 0 Å². The molecule has 0 bridgehead atoms. The first-order valence-electron chi connectivity index (χ1n) is 5.58. The van der Waals surface area contributed by atoms with Crippen molar-refractivity contribution < 1.29 is 18.4 Å². The van der Waals surface area contributed by atoms with Crippen molar-refractivity contribution >= 4 is 33.2 Å². The first kappa shape index (κ1) is 15.7. The van der Waals surface area contributed by atoms with E-state index in [4.69, 9.17) is 16.3 Å². The van der Waals surface area contributed by atoms with E-state index in [1.165, 1.54) is 18.2 Å². The third-order valence-corrected chi connectivity index (χ3v) is 3.28. The van der Waals surface area contributed by atoms with Crippen molar-refractivity contribution in [2.45, 2.75) is 6.61 Å². The summed E-state index contributed by atoms with van der Waals surface area (Å²) in [5, 5.41) is 11.1. The number of rotatable bonds is 4. The first-order chi connectivity index (χ1) is 9.88. The Morgan fingerprint density at radius 2 is 2.00 bits per heavy atom. The summed E-state index contributed by atoms with van der Waals surface area (Å²) in [6.07, 6.45) is 0. The van der Waals surface area contributed by atoms with Crippen LogP contribution in [0.5, 0.6) is 5.75 Å². The molecule has 0 saturated heterocycles. The van der Waals surface area contributed by atoms with E-state index in [9.17, 15) is 18.9 Å². The molecule has 0 saturated carbocycles. The lowest BCUT2D eigenvalue weighted by Crippen LogP contribution is -2.02. The number of nitrogens with zero attached hydrogens (tertiary/aromatic N) is 1. The summed E-state index contributed by atoms with van der Waals surface area (Å²) in [5.41, 5.74) is -0.0532. The van der Waals surface area contributed by atoms with Crippen molar-refractivity contribution in [3.8, 4) is 5.75 Å². The van der Waals surface area contributed by atoms with Crippen LogP contribution in [0, 0.1) is 21.7 Å². The van der Waals surface area contributed by atoms with Crippen LogP contribution in [0.3, 0.4) is 0 Å². The fourth-order valence-corrected chi connectivity index (χ4v) is 2.20. The summed E-state index contributed by atoms with van der Waals surface area (Å²) in [5.74, 6) is -2.58. The number of hydrogen-bond donors (Lipinski definition) is 0. The lowest BCUT2D eigenvalue weighted by atomic mass is 10.2. The Morgan fingerprint density at radius 1 is 1.29 bits per heavy atom. The normalized spacial score (nSPS) is 10.5. The van der Waals surface area contributed by atoms with E-state index < -0.39 is 16.6 Å². The molecule has 0 aromatic heterocycles.